The molecule has 1 aromatic rings. The molecule has 134 valence electrons. The molecule has 2 aliphatic rings. The van der Waals surface area contributed by atoms with Gasteiger partial charge in [0.05, 0.1) is 18.7 Å². The minimum absolute atomic E-state index is 0.0370. The summed E-state index contributed by atoms with van der Waals surface area (Å²) in [5.74, 6) is -1.06. The summed E-state index contributed by atoms with van der Waals surface area (Å²) < 4.78 is 42.7. The average molecular weight is 357 g/mol. The molecule has 25 heavy (non-hydrogen) atoms. The third-order valence-corrected chi connectivity index (χ3v) is 4.00. The normalized spacial score (nSPS) is 18.5. The second-order valence-electron chi connectivity index (χ2n) is 5.80. The predicted octanol–water partition coefficient (Wildman–Crippen LogP) is 0.839. The van der Waals surface area contributed by atoms with Crippen molar-refractivity contribution in [2.45, 2.75) is 25.1 Å². The number of imide groups is 1. The van der Waals surface area contributed by atoms with E-state index in [1.165, 1.54) is 4.90 Å². The summed E-state index contributed by atoms with van der Waals surface area (Å²) >= 11 is 0. The number of amides is 3. The van der Waals surface area contributed by atoms with Crippen LogP contribution in [0.25, 0.3) is 0 Å². The number of halogens is 3. The molecular weight excluding hydrogens is 343 g/mol. The van der Waals surface area contributed by atoms with Gasteiger partial charge in [0.2, 0.25) is 23.6 Å². The molecule has 0 radical (unpaired) electrons. The van der Waals surface area contributed by atoms with Gasteiger partial charge in [-0.05, 0) is 6.07 Å². The van der Waals surface area contributed by atoms with Crippen LogP contribution >= 0.6 is 0 Å². The smallest absolute Gasteiger partial charge is 0.417 e. The van der Waals surface area contributed by atoms with Crippen LogP contribution in [-0.4, -0.2) is 58.2 Å². The van der Waals surface area contributed by atoms with E-state index in [1.54, 1.807) is 0 Å². The van der Waals surface area contributed by atoms with Crippen LogP contribution in [0, 0.1) is 0 Å². The van der Waals surface area contributed by atoms with Crippen molar-refractivity contribution in [3.05, 3.63) is 23.9 Å². The van der Waals surface area contributed by atoms with E-state index in [2.05, 4.69) is 4.98 Å². The first-order valence-electron chi connectivity index (χ1n) is 7.55. The zero-order valence-corrected chi connectivity index (χ0v) is 13.0. The van der Waals surface area contributed by atoms with Gasteiger partial charge in [0.25, 0.3) is 0 Å². The lowest BCUT2D eigenvalue weighted by Gasteiger charge is -2.39. The molecule has 1 aromatic heterocycles. The fourth-order valence-corrected chi connectivity index (χ4v) is 2.54. The van der Waals surface area contributed by atoms with Gasteiger partial charge in [-0.1, -0.05) is 0 Å². The van der Waals surface area contributed by atoms with Gasteiger partial charge in [-0.15, -0.1) is 0 Å². The van der Waals surface area contributed by atoms with E-state index in [1.807, 2.05) is 0 Å². The first-order valence-corrected chi connectivity index (χ1v) is 7.55. The molecule has 2 saturated heterocycles. The maximum absolute atomic E-state index is 12.4. The number of pyridine rings is 1. The molecule has 0 bridgehead atoms. The number of carbonyl (C=O) groups is 3. The molecule has 3 heterocycles. The highest BCUT2D eigenvalue weighted by molar-refractivity contribution is 6.04. The molecular formula is C15H14F3N3O4. The third kappa shape index (κ3) is 3.72. The lowest BCUT2D eigenvalue weighted by Crippen LogP contribution is -2.58. The van der Waals surface area contributed by atoms with Crippen molar-refractivity contribution in [1.29, 1.82) is 0 Å². The molecule has 2 aliphatic heterocycles. The molecule has 10 heteroatoms. The molecule has 0 aromatic carbocycles. The maximum atomic E-state index is 12.4. The number of hydrogen-bond donors (Lipinski definition) is 0. The number of hydrogen-bond acceptors (Lipinski definition) is 5. The molecule has 2 fully saturated rings. The molecule has 0 spiro atoms. The summed E-state index contributed by atoms with van der Waals surface area (Å²) in [6, 6.07) is 1.99. The number of alkyl halides is 3. The van der Waals surface area contributed by atoms with Gasteiger partial charge in [-0.2, -0.15) is 13.2 Å². The zero-order valence-electron chi connectivity index (χ0n) is 13.0. The Bertz CT molecular complexity index is 683. The van der Waals surface area contributed by atoms with Crippen LogP contribution in [0.4, 0.5) is 13.2 Å². The van der Waals surface area contributed by atoms with Gasteiger partial charge < -0.3 is 9.64 Å². The highest BCUT2D eigenvalue weighted by Crippen LogP contribution is 2.29. The van der Waals surface area contributed by atoms with Crippen molar-refractivity contribution in [3.8, 4) is 5.88 Å². The largest absolute Gasteiger partial charge is 0.471 e. The van der Waals surface area contributed by atoms with E-state index in [9.17, 15) is 27.6 Å². The third-order valence-electron chi connectivity index (χ3n) is 4.00. The lowest BCUT2D eigenvalue weighted by molar-refractivity contribution is -0.149. The summed E-state index contributed by atoms with van der Waals surface area (Å²) in [4.78, 5) is 40.9. The number of likely N-dealkylation sites (tertiary alicyclic amines) is 2. The zero-order chi connectivity index (χ0) is 18.2. The van der Waals surface area contributed by atoms with Gasteiger partial charge >= 0.3 is 6.18 Å². The number of rotatable bonds is 4. The van der Waals surface area contributed by atoms with E-state index in [4.69, 9.17) is 4.74 Å². The molecule has 3 amide bonds. The monoisotopic (exact) mass is 357 g/mol. The summed E-state index contributed by atoms with van der Waals surface area (Å²) in [7, 11) is 0. The first kappa shape index (κ1) is 17.2. The standard InChI is InChI=1S/C15H14F3N3O4/c16-15(17,18)9-1-2-11(19-5-9)25-10-6-20(7-10)14(24)8-21-12(22)3-4-13(21)23/h1-2,5,10H,3-4,6-8H2. The van der Waals surface area contributed by atoms with Crippen LogP contribution < -0.4 is 4.74 Å². The lowest BCUT2D eigenvalue weighted by atomic mass is 10.1. The van der Waals surface area contributed by atoms with Crippen LogP contribution in [0.3, 0.4) is 0 Å². The topological polar surface area (TPSA) is 79.8 Å². The number of nitrogens with zero attached hydrogens (tertiary/aromatic N) is 3. The van der Waals surface area contributed by atoms with Crippen LogP contribution in [0.5, 0.6) is 5.88 Å². The predicted molar refractivity (Wildman–Crippen MR) is 76.2 cm³/mol. The van der Waals surface area contributed by atoms with E-state index in [0.29, 0.717) is 6.20 Å². The summed E-state index contributed by atoms with van der Waals surface area (Å²) in [6.07, 6.45) is -3.93. The molecule has 7 nitrogen and oxygen atoms in total. The van der Waals surface area contributed by atoms with E-state index in [0.717, 1.165) is 17.0 Å². The Kier molecular flexibility index (Phi) is 4.36. The molecule has 0 N–H and O–H groups in total. The molecule has 0 aliphatic carbocycles. The number of carbonyl (C=O) groups excluding carboxylic acids is 3. The Labute approximate surface area is 140 Å². The second-order valence-corrected chi connectivity index (χ2v) is 5.80. The quantitative estimate of drug-likeness (QED) is 0.746. The maximum Gasteiger partial charge on any atom is 0.417 e. The van der Waals surface area contributed by atoms with E-state index in [-0.39, 0.29) is 56.1 Å². The van der Waals surface area contributed by atoms with Crippen molar-refractivity contribution >= 4 is 17.7 Å². The van der Waals surface area contributed by atoms with E-state index < -0.39 is 17.8 Å². The Morgan fingerprint density at radius 1 is 1.20 bits per heavy atom. The SMILES string of the molecule is O=C(CN1C(=O)CCC1=O)N1CC(Oc2ccc(C(F)(F)F)cn2)C1. The first-order chi connectivity index (χ1) is 11.7. The highest BCUT2D eigenvalue weighted by Gasteiger charge is 2.37. The second kappa shape index (κ2) is 6.34. The van der Waals surface area contributed by atoms with Crippen LogP contribution in [-0.2, 0) is 20.6 Å². The molecule has 0 saturated carbocycles. The highest BCUT2D eigenvalue weighted by atomic mass is 19.4. The van der Waals surface area contributed by atoms with Crippen molar-refractivity contribution in [1.82, 2.24) is 14.8 Å². The molecule has 0 unspecified atom stereocenters. The Morgan fingerprint density at radius 3 is 2.36 bits per heavy atom. The van der Waals surface area contributed by atoms with Gasteiger partial charge in [0, 0.05) is 25.1 Å². The summed E-state index contributed by atoms with van der Waals surface area (Å²) in [6.45, 7) is 0.151. The number of aromatic nitrogens is 1. The van der Waals surface area contributed by atoms with E-state index >= 15 is 0 Å². The summed E-state index contributed by atoms with van der Waals surface area (Å²) in [5.41, 5.74) is -0.870. The van der Waals surface area contributed by atoms with Crippen molar-refractivity contribution in [3.63, 3.8) is 0 Å². The van der Waals surface area contributed by atoms with Gasteiger partial charge in [0.1, 0.15) is 12.6 Å². The molecule has 3 rings (SSSR count). The summed E-state index contributed by atoms with van der Waals surface area (Å²) in [5, 5.41) is 0. The Morgan fingerprint density at radius 2 is 1.84 bits per heavy atom. The van der Waals surface area contributed by atoms with Crippen LogP contribution in [0.15, 0.2) is 18.3 Å². The average Bonchev–Trinajstić information content (AvgIpc) is 2.82. The van der Waals surface area contributed by atoms with Crippen LogP contribution in [0.2, 0.25) is 0 Å². The van der Waals surface area contributed by atoms with Gasteiger partial charge in [-0.3, -0.25) is 19.3 Å². The Balaban J connectivity index is 1.47. The van der Waals surface area contributed by atoms with Gasteiger partial charge in [0.15, 0.2) is 0 Å². The van der Waals surface area contributed by atoms with Crippen molar-refractivity contribution in [2.75, 3.05) is 19.6 Å². The van der Waals surface area contributed by atoms with Crippen molar-refractivity contribution < 1.29 is 32.3 Å². The van der Waals surface area contributed by atoms with Crippen LogP contribution in [0.1, 0.15) is 18.4 Å². The Hall–Kier alpha value is -2.65. The molecule has 0 atom stereocenters. The fourth-order valence-electron chi connectivity index (χ4n) is 2.54. The number of ether oxygens (including phenoxy) is 1. The van der Waals surface area contributed by atoms with Crippen molar-refractivity contribution in [2.24, 2.45) is 0 Å². The minimum atomic E-state index is -4.46. The van der Waals surface area contributed by atoms with Gasteiger partial charge in [-0.25, -0.2) is 4.98 Å². The fraction of sp³-hybridized carbons (Fsp3) is 0.467. The minimum Gasteiger partial charge on any atom is -0.471 e.